The molecular formula is C14H22N2O. The van der Waals surface area contributed by atoms with Crippen LogP contribution >= 0.6 is 0 Å². The summed E-state index contributed by atoms with van der Waals surface area (Å²) in [4.78, 5) is 14.1. The van der Waals surface area contributed by atoms with Crippen molar-refractivity contribution in [2.75, 3.05) is 19.6 Å². The summed E-state index contributed by atoms with van der Waals surface area (Å²) in [6.45, 7) is 3.55. The molecule has 2 rings (SSSR count). The van der Waals surface area contributed by atoms with E-state index in [4.69, 9.17) is 5.73 Å². The molecule has 0 aromatic heterocycles. The predicted molar refractivity (Wildman–Crippen MR) is 69.4 cm³/mol. The van der Waals surface area contributed by atoms with E-state index in [1.165, 1.54) is 25.9 Å². The predicted octanol–water partition coefficient (Wildman–Crippen LogP) is 1.85. The number of allylic oxidation sites excluding steroid dienone is 3. The van der Waals surface area contributed by atoms with E-state index >= 15 is 0 Å². The van der Waals surface area contributed by atoms with Gasteiger partial charge in [0, 0.05) is 0 Å². The summed E-state index contributed by atoms with van der Waals surface area (Å²) in [5.74, 6) is -0.181. The molecule has 0 aromatic rings. The molecule has 1 heterocycles. The Morgan fingerprint density at radius 2 is 2.06 bits per heavy atom. The molecule has 17 heavy (non-hydrogen) atoms. The minimum absolute atomic E-state index is 0.181. The molecule has 0 spiro atoms. The van der Waals surface area contributed by atoms with Crippen molar-refractivity contribution in [3.8, 4) is 0 Å². The summed E-state index contributed by atoms with van der Waals surface area (Å²) >= 11 is 0. The number of likely N-dealkylation sites (tertiary alicyclic amines) is 1. The summed E-state index contributed by atoms with van der Waals surface area (Å²) in [5.41, 5.74) is 5.14. The topological polar surface area (TPSA) is 46.3 Å². The number of nitrogens with two attached hydrogens (primary N) is 1. The van der Waals surface area contributed by atoms with Crippen LogP contribution in [0.25, 0.3) is 0 Å². The van der Waals surface area contributed by atoms with E-state index in [-0.39, 0.29) is 5.91 Å². The lowest BCUT2D eigenvalue weighted by Crippen LogP contribution is -2.36. The third-order valence-electron chi connectivity index (χ3n) is 3.93. The summed E-state index contributed by atoms with van der Waals surface area (Å²) in [7, 11) is 0. The molecule has 1 unspecified atom stereocenters. The van der Waals surface area contributed by atoms with E-state index in [9.17, 15) is 4.79 Å². The smallest absolute Gasteiger partial charge is 0.227 e. The molecule has 2 aliphatic rings. The zero-order chi connectivity index (χ0) is 12.1. The number of carbonyl (C=O) groups is 1. The number of primary amides is 1. The second kappa shape index (κ2) is 5.50. The van der Waals surface area contributed by atoms with Gasteiger partial charge < -0.3 is 10.6 Å². The van der Waals surface area contributed by atoms with Gasteiger partial charge in [0.15, 0.2) is 0 Å². The monoisotopic (exact) mass is 234 g/mol. The highest BCUT2D eigenvalue weighted by Gasteiger charge is 2.33. The fourth-order valence-corrected chi connectivity index (χ4v) is 2.78. The van der Waals surface area contributed by atoms with Crippen LogP contribution in [0.5, 0.6) is 0 Å². The van der Waals surface area contributed by atoms with E-state index < -0.39 is 5.41 Å². The molecule has 1 saturated heterocycles. The Labute approximate surface area is 103 Å². The van der Waals surface area contributed by atoms with Gasteiger partial charge in [-0.25, -0.2) is 0 Å². The number of nitrogens with zero attached hydrogens (tertiary/aromatic N) is 1. The molecule has 94 valence electrons. The van der Waals surface area contributed by atoms with Crippen LogP contribution in [0.15, 0.2) is 24.3 Å². The minimum atomic E-state index is -0.422. The van der Waals surface area contributed by atoms with Crippen molar-refractivity contribution in [2.24, 2.45) is 11.1 Å². The summed E-state index contributed by atoms with van der Waals surface area (Å²) < 4.78 is 0. The van der Waals surface area contributed by atoms with Crippen LogP contribution in [0, 0.1) is 5.41 Å². The quantitative estimate of drug-likeness (QED) is 0.789. The zero-order valence-electron chi connectivity index (χ0n) is 10.4. The van der Waals surface area contributed by atoms with E-state index in [1.54, 1.807) is 0 Å². The molecular weight excluding hydrogens is 212 g/mol. The second-order valence-corrected chi connectivity index (χ2v) is 5.16. The fraction of sp³-hybridized carbons (Fsp3) is 0.643. The zero-order valence-corrected chi connectivity index (χ0v) is 10.4. The van der Waals surface area contributed by atoms with Crippen molar-refractivity contribution in [3.63, 3.8) is 0 Å². The first-order valence-electron chi connectivity index (χ1n) is 6.60. The Morgan fingerprint density at radius 3 is 2.65 bits per heavy atom. The van der Waals surface area contributed by atoms with Crippen LogP contribution < -0.4 is 5.73 Å². The van der Waals surface area contributed by atoms with Crippen molar-refractivity contribution in [2.45, 2.75) is 32.1 Å². The number of amides is 1. The van der Waals surface area contributed by atoms with Gasteiger partial charge in [0.25, 0.3) is 0 Å². The average molecular weight is 234 g/mol. The standard InChI is InChI=1S/C14H22N2O/c15-13(17)14(7-2-1-3-8-14)9-6-12-16-10-4-5-11-16/h1-3,7H,4-6,8-12H2,(H2,15,17). The molecule has 1 atom stereocenters. The minimum Gasteiger partial charge on any atom is -0.369 e. The van der Waals surface area contributed by atoms with Crippen LogP contribution in [0.3, 0.4) is 0 Å². The molecule has 0 saturated carbocycles. The molecule has 1 aliphatic carbocycles. The third kappa shape index (κ3) is 2.97. The normalized spacial score (nSPS) is 28.7. The van der Waals surface area contributed by atoms with Gasteiger partial charge in [-0.1, -0.05) is 24.3 Å². The van der Waals surface area contributed by atoms with Crippen molar-refractivity contribution >= 4 is 5.91 Å². The van der Waals surface area contributed by atoms with E-state index in [0.717, 1.165) is 25.8 Å². The Bertz CT molecular complexity index is 329. The van der Waals surface area contributed by atoms with Gasteiger partial charge in [0.05, 0.1) is 5.41 Å². The van der Waals surface area contributed by atoms with Crippen LogP contribution in [-0.2, 0) is 4.79 Å². The first-order chi connectivity index (χ1) is 8.23. The molecule has 0 radical (unpaired) electrons. The van der Waals surface area contributed by atoms with Crippen molar-refractivity contribution in [1.29, 1.82) is 0 Å². The van der Waals surface area contributed by atoms with Gasteiger partial charge in [0.1, 0.15) is 0 Å². The molecule has 2 N–H and O–H groups in total. The molecule has 0 bridgehead atoms. The van der Waals surface area contributed by atoms with E-state index in [2.05, 4.69) is 4.90 Å². The van der Waals surface area contributed by atoms with Gasteiger partial charge in [-0.05, 0) is 51.7 Å². The Hall–Kier alpha value is -1.09. The van der Waals surface area contributed by atoms with E-state index in [1.807, 2.05) is 24.3 Å². The van der Waals surface area contributed by atoms with Gasteiger partial charge in [-0.3, -0.25) is 4.79 Å². The Kier molecular flexibility index (Phi) is 4.00. The van der Waals surface area contributed by atoms with Crippen molar-refractivity contribution in [1.82, 2.24) is 4.90 Å². The Balaban J connectivity index is 1.83. The number of hydrogen-bond acceptors (Lipinski definition) is 2. The average Bonchev–Trinajstić information content (AvgIpc) is 2.83. The first-order valence-corrected chi connectivity index (χ1v) is 6.60. The number of carbonyl (C=O) groups excluding carboxylic acids is 1. The molecule has 0 aromatic carbocycles. The van der Waals surface area contributed by atoms with Crippen molar-refractivity contribution < 1.29 is 4.79 Å². The highest BCUT2D eigenvalue weighted by Crippen LogP contribution is 2.33. The lowest BCUT2D eigenvalue weighted by Gasteiger charge is -2.28. The highest BCUT2D eigenvalue weighted by molar-refractivity contribution is 5.83. The van der Waals surface area contributed by atoms with Crippen LogP contribution in [-0.4, -0.2) is 30.4 Å². The van der Waals surface area contributed by atoms with Crippen LogP contribution in [0.4, 0.5) is 0 Å². The first kappa shape index (κ1) is 12.4. The highest BCUT2D eigenvalue weighted by atomic mass is 16.1. The Morgan fingerprint density at radius 1 is 1.29 bits per heavy atom. The molecule has 1 amide bonds. The lowest BCUT2D eigenvalue weighted by molar-refractivity contribution is -0.125. The summed E-state index contributed by atoms with van der Waals surface area (Å²) in [6.07, 6.45) is 13.3. The van der Waals surface area contributed by atoms with Crippen LogP contribution in [0.2, 0.25) is 0 Å². The maximum atomic E-state index is 11.6. The number of hydrogen-bond donors (Lipinski definition) is 1. The summed E-state index contributed by atoms with van der Waals surface area (Å²) in [6, 6.07) is 0. The SMILES string of the molecule is NC(=O)C1(CCCN2CCCC2)C=CC=CC1. The van der Waals surface area contributed by atoms with Gasteiger partial charge in [0.2, 0.25) is 5.91 Å². The molecule has 3 nitrogen and oxygen atoms in total. The van der Waals surface area contributed by atoms with Gasteiger partial charge in [-0.15, -0.1) is 0 Å². The molecule has 3 heteroatoms. The number of rotatable bonds is 5. The van der Waals surface area contributed by atoms with Crippen molar-refractivity contribution in [3.05, 3.63) is 24.3 Å². The second-order valence-electron chi connectivity index (χ2n) is 5.16. The van der Waals surface area contributed by atoms with E-state index in [0.29, 0.717) is 0 Å². The van der Waals surface area contributed by atoms with Gasteiger partial charge >= 0.3 is 0 Å². The fourth-order valence-electron chi connectivity index (χ4n) is 2.78. The van der Waals surface area contributed by atoms with Crippen LogP contribution in [0.1, 0.15) is 32.1 Å². The maximum absolute atomic E-state index is 11.6. The maximum Gasteiger partial charge on any atom is 0.227 e. The molecule has 1 aliphatic heterocycles. The third-order valence-corrected chi connectivity index (χ3v) is 3.93. The lowest BCUT2D eigenvalue weighted by atomic mass is 9.77. The largest absolute Gasteiger partial charge is 0.369 e. The summed E-state index contributed by atoms with van der Waals surface area (Å²) in [5, 5.41) is 0. The van der Waals surface area contributed by atoms with Gasteiger partial charge in [-0.2, -0.15) is 0 Å². The molecule has 1 fully saturated rings.